The first-order valence-corrected chi connectivity index (χ1v) is 10.7. The van der Waals surface area contributed by atoms with Crippen molar-refractivity contribution in [1.29, 1.82) is 0 Å². The molecule has 4 nitrogen and oxygen atoms in total. The smallest absolute Gasteiger partial charge is 0.230 e. The molecule has 0 atom stereocenters. The largest absolute Gasteiger partial charge is 0.379 e. The van der Waals surface area contributed by atoms with Crippen LogP contribution in [0.5, 0.6) is 0 Å². The SMILES string of the molecule is O=C(CSCc1ccccc1Cl)NCc1cccc(CN2CCOCC2)c1. The Bertz CT molecular complexity index is 750. The third kappa shape index (κ3) is 6.85. The van der Waals surface area contributed by atoms with Crippen molar-refractivity contribution in [2.24, 2.45) is 0 Å². The van der Waals surface area contributed by atoms with Crippen LogP contribution in [0.4, 0.5) is 0 Å². The fourth-order valence-corrected chi connectivity index (χ4v) is 4.12. The van der Waals surface area contributed by atoms with E-state index in [-0.39, 0.29) is 5.91 Å². The first kappa shape index (κ1) is 20.2. The standard InChI is InChI=1S/C21H25ClN2O2S/c22-20-7-2-1-6-19(20)15-27-16-21(25)23-13-17-4-3-5-18(12-17)14-24-8-10-26-11-9-24/h1-7,12H,8-11,13-16H2,(H,23,25). The summed E-state index contributed by atoms with van der Waals surface area (Å²) in [6.45, 7) is 5.05. The molecule has 0 spiro atoms. The van der Waals surface area contributed by atoms with Crippen LogP contribution in [0.25, 0.3) is 0 Å². The number of nitrogens with one attached hydrogen (secondary N) is 1. The van der Waals surface area contributed by atoms with E-state index in [1.54, 1.807) is 11.8 Å². The number of halogens is 1. The Kier molecular flexibility index (Phi) is 8.02. The normalized spacial score (nSPS) is 14.9. The van der Waals surface area contributed by atoms with E-state index in [1.807, 2.05) is 24.3 Å². The molecule has 0 bridgehead atoms. The van der Waals surface area contributed by atoms with Gasteiger partial charge < -0.3 is 10.1 Å². The van der Waals surface area contributed by atoms with Crippen LogP contribution in [0.2, 0.25) is 5.02 Å². The minimum atomic E-state index is 0.0469. The lowest BCUT2D eigenvalue weighted by molar-refractivity contribution is -0.118. The van der Waals surface area contributed by atoms with Gasteiger partial charge in [0.25, 0.3) is 0 Å². The van der Waals surface area contributed by atoms with Gasteiger partial charge in [0.15, 0.2) is 0 Å². The summed E-state index contributed by atoms with van der Waals surface area (Å²) in [6.07, 6.45) is 0. The van der Waals surface area contributed by atoms with Gasteiger partial charge in [0.2, 0.25) is 5.91 Å². The van der Waals surface area contributed by atoms with E-state index >= 15 is 0 Å². The number of amides is 1. The fraction of sp³-hybridized carbons (Fsp3) is 0.381. The van der Waals surface area contributed by atoms with Gasteiger partial charge in [0.1, 0.15) is 0 Å². The van der Waals surface area contributed by atoms with Crippen molar-refractivity contribution in [3.05, 3.63) is 70.2 Å². The topological polar surface area (TPSA) is 41.6 Å². The molecule has 1 amide bonds. The number of thioether (sulfide) groups is 1. The highest BCUT2D eigenvalue weighted by atomic mass is 35.5. The highest BCUT2D eigenvalue weighted by Gasteiger charge is 2.11. The minimum absolute atomic E-state index is 0.0469. The Morgan fingerprint density at radius 1 is 1.11 bits per heavy atom. The lowest BCUT2D eigenvalue weighted by Gasteiger charge is -2.26. The molecule has 144 valence electrons. The zero-order chi connectivity index (χ0) is 18.9. The number of carbonyl (C=O) groups is 1. The Morgan fingerprint density at radius 2 is 1.89 bits per heavy atom. The van der Waals surface area contributed by atoms with Crippen LogP contribution in [-0.4, -0.2) is 42.9 Å². The van der Waals surface area contributed by atoms with Gasteiger partial charge in [0, 0.05) is 37.0 Å². The summed E-state index contributed by atoms with van der Waals surface area (Å²) in [5, 5.41) is 3.76. The van der Waals surface area contributed by atoms with Crippen LogP contribution in [-0.2, 0) is 28.4 Å². The number of hydrogen-bond donors (Lipinski definition) is 1. The molecule has 2 aromatic rings. The Hall–Kier alpha value is -1.53. The predicted octanol–water partition coefficient (Wildman–Crippen LogP) is 3.72. The van der Waals surface area contributed by atoms with Crippen LogP contribution in [0.3, 0.4) is 0 Å². The van der Waals surface area contributed by atoms with E-state index in [2.05, 4.69) is 34.5 Å². The Labute approximate surface area is 170 Å². The average molecular weight is 405 g/mol. The molecular weight excluding hydrogens is 380 g/mol. The van der Waals surface area contributed by atoms with Gasteiger partial charge in [-0.05, 0) is 22.8 Å². The van der Waals surface area contributed by atoms with E-state index in [1.165, 1.54) is 5.56 Å². The van der Waals surface area contributed by atoms with E-state index in [4.69, 9.17) is 16.3 Å². The lowest BCUT2D eigenvalue weighted by atomic mass is 10.1. The first-order chi connectivity index (χ1) is 13.2. The van der Waals surface area contributed by atoms with Crippen molar-refractivity contribution >= 4 is 29.3 Å². The van der Waals surface area contributed by atoms with Crippen LogP contribution >= 0.6 is 23.4 Å². The third-order valence-electron chi connectivity index (χ3n) is 4.44. The summed E-state index contributed by atoms with van der Waals surface area (Å²) >= 11 is 7.72. The van der Waals surface area contributed by atoms with Crippen molar-refractivity contribution < 1.29 is 9.53 Å². The van der Waals surface area contributed by atoms with Crippen LogP contribution in [0.15, 0.2) is 48.5 Å². The van der Waals surface area contributed by atoms with Gasteiger partial charge in [-0.2, -0.15) is 0 Å². The highest BCUT2D eigenvalue weighted by molar-refractivity contribution is 7.99. The second-order valence-electron chi connectivity index (χ2n) is 6.57. The maximum Gasteiger partial charge on any atom is 0.230 e. The average Bonchev–Trinajstić information content (AvgIpc) is 2.69. The van der Waals surface area contributed by atoms with E-state index in [0.717, 1.165) is 54.8 Å². The zero-order valence-electron chi connectivity index (χ0n) is 15.3. The fourth-order valence-electron chi connectivity index (χ4n) is 2.98. The highest BCUT2D eigenvalue weighted by Crippen LogP contribution is 2.20. The maximum absolute atomic E-state index is 12.1. The number of benzene rings is 2. The number of rotatable bonds is 8. The first-order valence-electron chi connectivity index (χ1n) is 9.16. The van der Waals surface area contributed by atoms with Crippen LogP contribution < -0.4 is 5.32 Å². The molecule has 1 heterocycles. The summed E-state index contributed by atoms with van der Waals surface area (Å²) in [5.74, 6) is 1.21. The van der Waals surface area contributed by atoms with Crippen molar-refractivity contribution in [2.45, 2.75) is 18.8 Å². The Morgan fingerprint density at radius 3 is 2.70 bits per heavy atom. The second kappa shape index (κ2) is 10.7. The molecule has 1 saturated heterocycles. The van der Waals surface area contributed by atoms with E-state index in [0.29, 0.717) is 12.3 Å². The molecule has 1 aliphatic rings. The summed E-state index contributed by atoms with van der Waals surface area (Å²) in [5.41, 5.74) is 3.47. The Balaban J connectivity index is 1.40. The van der Waals surface area contributed by atoms with Gasteiger partial charge in [-0.15, -0.1) is 11.8 Å². The minimum Gasteiger partial charge on any atom is -0.379 e. The van der Waals surface area contributed by atoms with Crippen molar-refractivity contribution in [2.75, 3.05) is 32.1 Å². The number of nitrogens with zero attached hydrogens (tertiary/aromatic N) is 1. The number of ether oxygens (including phenoxy) is 1. The lowest BCUT2D eigenvalue weighted by Crippen LogP contribution is -2.35. The van der Waals surface area contributed by atoms with Gasteiger partial charge >= 0.3 is 0 Å². The van der Waals surface area contributed by atoms with E-state index in [9.17, 15) is 4.79 Å². The summed E-state index contributed by atoms with van der Waals surface area (Å²) < 4.78 is 5.39. The third-order valence-corrected chi connectivity index (χ3v) is 5.79. The molecule has 0 aliphatic carbocycles. The van der Waals surface area contributed by atoms with Gasteiger partial charge in [0.05, 0.1) is 19.0 Å². The van der Waals surface area contributed by atoms with E-state index < -0.39 is 0 Å². The van der Waals surface area contributed by atoms with Gasteiger partial charge in [-0.25, -0.2) is 0 Å². The molecule has 0 saturated carbocycles. The van der Waals surface area contributed by atoms with Crippen LogP contribution in [0.1, 0.15) is 16.7 Å². The molecule has 1 aliphatic heterocycles. The number of hydrogen-bond acceptors (Lipinski definition) is 4. The monoisotopic (exact) mass is 404 g/mol. The molecule has 0 unspecified atom stereocenters. The summed E-state index contributed by atoms with van der Waals surface area (Å²) in [7, 11) is 0. The van der Waals surface area contributed by atoms with Crippen molar-refractivity contribution in [1.82, 2.24) is 10.2 Å². The number of morpholine rings is 1. The molecule has 0 aromatic heterocycles. The molecular formula is C21H25ClN2O2S. The van der Waals surface area contributed by atoms with Crippen molar-refractivity contribution in [3.63, 3.8) is 0 Å². The molecule has 1 fully saturated rings. The van der Waals surface area contributed by atoms with Gasteiger partial charge in [-0.1, -0.05) is 54.1 Å². The molecule has 0 radical (unpaired) electrons. The summed E-state index contributed by atoms with van der Waals surface area (Å²) in [4.78, 5) is 14.5. The molecule has 3 rings (SSSR count). The predicted molar refractivity (Wildman–Crippen MR) is 112 cm³/mol. The molecule has 1 N–H and O–H groups in total. The maximum atomic E-state index is 12.1. The molecule has 27 heavy (non-hydrogen) atoms. The van der Waals surface area contributed by atoms with Gasteiger partial charge in [-0.3, -0.25) is 9.69 Å². The molecule has 2 aromatic carbocycles. The number of carbonyl (C=O) groups excluding carboxylic acids is 1. The molecule has 6 heteroatoms. The zero-order valence-corrected chi connectivity index (χ0v) is 16.9. The quantitative estimate of drug-likeness (QED) is 0.728. The summed E-state index contributed by atoms with van der Waals surface area (Å²) in [6, 6.07) is 16.2. The van der Waals surface area contributed by atoms with Crippen molar-refractivity contribution in [3.8, 4) is 0 Å². The second-order valence-corrected chi connectivity index (χ2v) is 7.96. The van der Waals surface area contributed by atoms with Crippen LogP contribution in [0, 0.1) is 0 Å².